The van der Waals surface area contributed by atoms with E-state index in [9.17, 15) is 119 Å². The normalized spacial score (nSPS) is 13.5. The van der Waals surface area contributed by atoms with Crippen LogP contribution in [0.5, 0.6) is 0 Å². The molecular weight excluding hydrogens is 1110 g/mol. The van der Waals surface area contributed by atoms with E-state index in [0.717, 1.165) is 6.26 Å². The second-order valence-electron chi connectivity index (χ2n) is 16.5. The number of pyridine rings is 1. The summed E-state index contributed by atoms with van der Waals surface area (Å²) < 4.78 is 366. The molecule has 0 amide bonds. The lowest BCUT2D eigenvalue weighted by Crippen LogP contribution is -2.75. The second kappa shape index (κ2) is 20.3. The van der Waals surface area contributed by atoms with Crippen molar-refractivity contribution in [3.8, 4) is 0 Å². The molecule has 0 saturated heterocycles. The van der Waals surface area contributed by atoms with Crippen LogP contribution >= 0.6 is 0 Å². The van der Waals surface area contributed by atoms with E-state index in [2.05, 4.69) is 0 Å². The van der Waals surface area contributed by atoms with Crippen molar-refractivity contribution in [1.29, 1.82) is 0 Å². The predicted octanol–water partition coefficient (Wildman–Crippen LogP) is 12.5. The van der Waals surface area contributed by atoms with Gasteiger partial charge in [0.15, 0.2) is 22.2 Å². The van der Waals surface area contributed by atoms with E-state index in [0.29, 0.717) is 0 Å². The van der Waals surface area contributed by atoms with Crippen molar-refractivity contribution >= 4 is 43.6 Å². The van der Waals surface area contributed by atoms with Crippen molar-refractivity contribution in [2.45, 2.75) is 60.9 Å². The number of rotatable bonds is 8. The zero-order valence-corrected chi connectivity index (χ0v) is 37.9. The maximum atomic E-state index is 14.2. The number of benzene rings is 5. The quantitative estimate of drug-likeness (QED) is 0.0660. The Hall–Kier alpha value is -6.75. The number of Topliss-reactive ketones (excluding diaryl/α,β-unsaturated/α-hetero) is 1. The van der Waals surface area contributed by atoms with Gasteiger partial charge in [0.1, 0.15) is 6.15 Å². The van der Waals surface area contributed by atoms with E-state index >= 15 is 0 Å². The van der Waals surface area contributed by atoms with Crippen molar-refractivity contribution in [3.63, 3.8) is 0 Å². The number of sulfone groups is 1. The van der Waals surface area contributed by atoms with E-state index in [-0.39, 0.29) is 22.8 Å². The number of hydrogen-bond donors (Lipinski definition) is 0. The van der Waals surface area contributed by atoms with E-state index in [4.69, 9.17) is 0 Å². The molecule has 0 atom stereocenters. The molecule has 0 N–H and O–H groups in total. The molecule has 1 aromatic heterocycles. The van der Waals surface area contributed by atoms with Crippen LogP contribution in [0.2, 0.25) is 0 Å². The highest BCUT2D eigenvalue weighted by atomic mass is 32.2. The van der Waals surface area contributed by atoms with Gasteiger partial charge in [-0.25, -0.2) is 8.42 Å². The third-order valence-corrected chi connectivity index (χ3v) is 12.3. The van der Waals surface area contributed by atoms with Crippen LogP contribution in [-0.2, 0) is 65.8 Å². The molecule has 4 nitrogen and oxygen atoms in total. The summed E-state index contributed by atoms with van der Waals surface area (Å²) in [4.78, 5) is 12.3. The minimum Gasteiger partial charge on any atom is -0.287 e. The Morgan fingerprint density at radius 2 is 0.618 bits per heavy atom. The average molecular weight is 1140 g/mol. The van der Waals surface area contributed by atoms with Gasteiger partial charge in [0.05, 0.1) is 49.4 Å². The predicted molar refractivity (Wildman–Crippen MR) is 221 cm³/mol. The van der Waals surface area contributed by atoms with Crippen molar-refractivity contribution in [2.75, 3.05) is 6.26 Å². The molecule has 1 heterocycles. The lowest BCUT2D eigenvalue weighted by atomic mass is 9.12. The Bertz CT molecular complexity index is 2790. The Morgan fingerprint density at radius 3 is 0.842 bits per heavy atom. The van der Waals surface area contributed by atoms with Crippen molar-refractivity contribution in [1.82, 2.24) is 0 Å². The van der Waals surface area contributed by atoms with Crippen LogP contribution in [0.3, 0.4) is 0 Å². The maximum absolute atomic E-state index is 14.2. The van der Waals surface area contributed by atoms with Crippen molar-refractivity contribution in [3.05, 3.63) is 178 Å². The fourth-order valence-corrected chi connectivity index (χ4v) is 8.79. The van der Waals surface area contributed by atoms with E-state index < -0.39 is 205 Å². The number of aromatic nitrogens is 1. The zero-order chi connectivity index (χ0) is 57.8. The summed E-state index contributed by atoms with van der Waals surface area (Å²) in [6, 6.07) is 2.95. The first kappa shape index (κ1) is 60.1. The fourth-order valence-electron chi connectivity index (χ4n) is 7.88. The van der Waals surface area contributed by atoms with Crippen LogP contribution in [0.1, 0.15) is 54.9 Å². The van der Waals surface area contributed by atoms with E-state index in [1.165, 1.54) is 6.07 Å². The molecule has 0 radical (unpaired) electrons. The largest absolute Gasteiger partial charge is 0.416 e. The van der Waals surface area contributed by atoms with Crippen LogP contribution in [0.25, 0.3) is 0 Å². The molecule has 0 aliphatic rings. The van der Waals surface area contributed by atoms with Gasteiger partial charge in [0.25, 0.3) is 0 Å². The lowest BCUT2D eigenvalue weighted by molar-refractivity contribution is -0.683. The third kappa shape index (κ3) is 13.8. The topological polar surface area (TPSA) is 55.1 Å². The summed E-state index contributed by atoms with van der Waals surface area (Å²) in [5, 5.41) is 0. The number of carbonyl (C=O) groups is 1. The fraction of sp³-hybridized carbons (Fsp3) is 0.217. The van der Waals surface area contributed by atoms with Crippen LogP contribution in [-0.4, -0.2) is 26.6 Å². The van der Waals surface area contributed by atoms with Crippen molar-refractivity contribution in [2.24, 2.45) is 0 Å². The lowest BCUT2D eigenvalue weighted by Gasteiger charge is -2.46. The Balaban J connectivity index is 0.000000468. The molecule has 0 spiro atoms. The summed E-state index contributed by atoms with van der Waals surface area (Å²) in [5.41, 5.74) is -30.0. The van der Waals surface area contributed by atoms with Gasteiger partial charge < -0.3 is 0 Å². The number of halogens is 24. The van der Waals surface area contributed by atoms with Crippen LogP contribution < -0.4 is 26.4 Å². The van der Waals surface area contributed by atoms with Crippen molar-refractivity contribution < 1.29 is 123 Å². The summed E-state index contributed by atoms with van der Waals surface area (Å²) in [6.45, 7) is 0.118. The first-order valence-electron chi connectivity index (χ1n) is 20.4. The molecule has 6 aromatic rings. The van der Waals surface area contributed by atoms with Gasteiger partial charge in [-0.1, -0.05) is 66.7 Å². The summed E-state index contributed by atoms with van der Waals surface area (Å²) in [5.74, 6) is -0.225. The number of nitrogens with zero attached hydrogens (tertiary/aromatic N) is 1. The first-order valence-corrected chi connectivity index (χ1v) is 22.3. The molecule has 0 unspecified atom stereocenters. The minimum atomic E-state index is -6.13. The van der Waals surface area contributed by atoms with Gasteiger partial charge in [-0.15, -0.1) is 0 Å². The number of hydrogen-bond acceptors (Lipinski definition) is 3. The second-order valence-corrected chi connectivity index (χ2v) is 18.4. The van der Waals surface area contributed by atoms with Gasteiger partial charge in [-0.05, 0) is 36.4 Å². The van der Waals surface area contributed by atoms with Crippen LogP contribution in [0.15, 0.2) is 133 Å². The summed E-state index contributed by atoms with van der Waals surface area (Å²) in [6.07, 6.45) is -50.2. The Kier molecular flexibility index (Phi) is 16.1. The standard InChI is InChI=1S/C32H12BF24.C14H14NO3S/c34-25(35,36)13-1-14(26(37,38)39)6-21(5-13)33(22-7-15(27(40,41)42)2-16(8-22)28(43,44)45,23-9-17(29(46,47)48)3-18(10-23)30(49,50)51)24-11-19(31(52,53)54)4-20(12-24)32(55,56)57;1-19(17,18)14-8-4-3-7-12(14)13(16)11-15-9-5-2-6-10-15/h1-12H;2-10H,11H2,1H3/q-1;+1. The Morgan fingerprint density at radius 1 is 0.382 bits per heavy atom. The maximum Gasteiger partial charge on any atom is 0.416 e. The molecule has 6 rings (SSSR count). The molecule has 76 heavy (non-hydrogen) atoms. The van der Waals surface area contributed by atoms with Gasteiger partial charge in [-0.3, -0.25) is 4.79 Å². The summed E-state index contributed by atoms with van der Waals surface area (Å²) >= 11 is 0. The number of alkyl halides is 24. The molecule has 0 aliphatic heterocycles. The van der Waals surface area contributed by atoms with Crippen LogP contribution in [0.4, 0.5) is 105 Å². The highest BCUT2D eigenvalue weighted by Crippen LogP contribution is 2.41. The van der Waals surface area contributed by atoms with E-state index in [1.54, 1.807) is 35.2 Å². The van der Waals surface area contributed by atoms with Gasteiger partial charge in [0, 0.05) is 24.0 Å². The molecule has 410 valence electrons. The summed E-state index contributed by atoms with van der Waals surface area (Å²) in [7, 11) is -3.40. The average Bonchev–Trinajstić information content (AvgIpc) is 3.27. The molecule has 0 bridgehead atoms. The van der Waals surface area contributed by atoms with E-state index in [1.807, 2.05) is 18.2 Å². The number of ketones is 1. The molecule has 0 saturated carbocycles. The highest BCUT2D eigenvalue weighted by Gasteiger charge is 2.47. The minimum absolute atomic E-state index is 0.0801. The van der Waals surface area contributed by atoms with Crippen LogP contribution in [0, 0.1) is 0 Å². The molecule has 0 fully saturated rings. The SMILES string of the molecule is CS(=O)(=O)c1ccccc1C(=O)C[n+]1ccccc1.FC(F)(F)c1cc([B-](c2cc(C(F)(F)F)cc(C(F)(F)F)c2)(c2cc(C(F)(F)F)cc(C(F)(F)F)c2)c2cc(C(F)(F)F)cc(C(F)(F)F)c2)cc(C(F)(F)F)c1. The molecule has 5 aromatic carbocycles. The number of carbonyl (C=O) groups excluding carboxylic acids is 1. The van der Waals surface area contributed by atoms with Gasteiger partial charge >= 0.3 is 49.4 Å². The van der Waals surface area contributed by atoms with Gasteiger partial charge in [0.2, 0.25) is 12.3 Å². The molecular formula is C46H26BF24NO3S. The zero-order valence-electron chi connectivity index (χ0n) is 37.1. The monoisotopic (exact) mass is 1140 g/mol. The highest BCUT2D eigenvalue weighted by molar-refractivity contribution is 7.90. The first-order chi connectivity index (χ1) is 34.2. The smallest absolute Gasteiger partial charge is 0.287 e. The third-order valence-electron chi connectivity index (χ3n) is 11.1. The molecule has 0 aliphatic carbocycles. The Labute approximate surface area is 411 Å². The van der Waals surface area contributed by atoms with Gasteiger partial charge in [-0.2, -0.15) is 132 Å². The molecule has 30 heteroatoms.